The number of carbonyl (C=O) groups excluding carboxylic acids is 3. The van der Waals surface area contributed by atoms with Crippen LogP contribution in [0.3, 0.4) is 0 Å². The number of nitrogens with one attached hydrogen (secondary N) is 1. The molecule has 1 N–H and O–H groups in total. The normalized spacial score (nSPS) is 11.8. The van der Waals surface area contributed by atoms with Crippen LogP contribution in [-0.4, -0.2) is 35.7 Å². The number of hydrogen-bond donors (Lipinski definition) is 1. The van der Waals surface area contributed by atoms with E-state index in [1.807, 2.05) is 0 Å². The van der Waals surface area contributed by atoms with Crippen molar-refractivity contribution in [1.29, 1.82) is 0 Å². The third kappa shape index (κ3) is 3.66. The van der Waals surface area contributed by atoms with Crippen molar-refractivity contribution >= 4 is 17.5 Å². The van der Waals surface area contributed by atoms with Gasteiger partial charge in [-0.1, -0.05) is 0 Å². The number of Topliss-reactive ketones (excluding diaryl/α,β-unsaturated/α-hetero) is 2. The number of rotatable bonds is 6. The first-order valence-electron chi connectivity index (χ1n) is 7.96. The summed E-state index contributed by atoms with van der Waals surface area (Å²) in [5.74, 6) is -2.17. The molecule has 0 aliphatic heterocycles. The number of halogens is 1. The van der Waals surface area contributed by atoms with Gasteiger partial charge in [-0.25, -0.2) is 9.18 Å². The Morgan fingerprint density at radius 2 is 1.85 bits per heavy atom. The number of ether oxygens (including phenoxy) is 2. The zero-order valence-corrected chi connectivity index (χ0v) is 15.2. The lowest BCUT2D eigenvalue weighted by molar-refractivity contribution is 0.0316. The molecule has 6 nitrogen and oxygen atoms in total. The SMILES string of the molecule is COc1ccc(C(=O)OC(C)C(=O)c2[nH]c(C)c(C(C)=O)c2C)cc1F. The third-order valence-corrected chi connectivity index (χ3v) is 4.08. The molecule has 1 aromatic carbocycles. The number of benzene rings is 1. The molecule has 1 heterocycles. The number of aryl methyl sites for hydroxylation is 1. The van der Waals surface area contributed by atoms with E-state index in [0.717, 1.165) is 6.07 Å². The van der Waals surface area contributed by atoms with Crippen LogP contribution in [0.4, 0.5) is 4.39 Å². The molecule has 0 saturated carbocycles. The molecule has 2 aromatic rings. The molecule has 0 bridgehead atoms. The van der Waals surface area contributed by atoms with Crippen LogP contribution in [0.2, 0.25) is 0 Å². The van der Waals surface area contributed by atoms with Gasteiger partial charge >= 0.3 is 5.97 Å². The maximum absolute atomic E-state index is 13.7. The van der Waals surface area contributed by atoms with Crippen LogP contribution in [-0.2, 0) is 4.74 Å². The Labute approximate surface area is 150 Å². The van der Waals surface area contributed by atoms with Crippen molar-refractivity contribution < 1.29 is 28.2 Å². The van der Waals surface area contributed by atoms with Crippen molar-refractivity contribution in [2.75, 3.05) is 7.11 Å². The third-order valence-electron chi connectivity index (χ3n) is 4.08. The number of aromatic amines is 1. The molecule has 0 spiro atoms. The second-order valence-electron chi connectivity index (χ2n) is 5.94. The first-order chi connectivity index (χ1) is 12.2. The maximum atomic E-state index is 13.7. The summed E-state index contributed by atoms with van der Waals surface area (Å²) in [6.07, 6.45) is -1.11. The summed E-state index contributed by atoms with van der Waals surface area (Å²) in [6, 6.07) is 3.63. The van der Waals surface area contributed by atoms with E-state index < -0.39 is 23.7 Å². The van der Waals surface area contributed by atoms with Crippen molar-refractivity contribution in [3.05, 3.63) is 52.1 Å². The molecule has 7 heteroatoms. The van der Waals surface area contributed by atoms with Gasteiger partial charge in [0.05, 0.1) is 18.4 Å². The monoisotopic (exact) mass is 361 g/mol. The van der Waals surface area contributed by atoms with Crippen LogP contribution in [0.25, 0.3) is 0 Å². The van der Waals surface area contributed by atoms with Crippen molar-refractivity contribution in [2.24, 2.45) is 0 Å². The Bertz CT molecular complexity index is 884. The van der Waals surface area contributed by atoms with Crippen LogP contribution < -0.4 is 4.74 Å². The van der Waals surface area contributed by atoms with Gasteiger partial charge in [0.25, 0.3) is 0 Å². The highest BCUT2D eigenvalue weighted by molar-refractivity contribution is 6.05. The summed E-state index contributed by atoms with van der Waals surface area (Å²) in [7, 11) is 1.31. The fourth-order valence-corrected chi connectivity index (χ4v) is 2.80. The molecule has 0 saturated heterocycles. The molecule has 0 fully saturated rings. The van der Waals surface area contributed by atoms with Gasteiger partial charge in [0.2, 0.25) is 5.78 Å². The minimum Gasteiger partial charge on any atom is -0.494 e. The van der Waals surface area contributed by atoms with Gasteiger partial charge in [-0.3, -0.25) is 9.59 Å². The van der Waals surface area contributed by atoms with Gasteiger partial charge in [-0.15, -0.1) is 0 Å². The van der Waals surface area contributed by atoms with E-state index in [1.54, 1.807) is 13.8 Å². The number of methoxy groups -OCH3 is 1. The van der Waals surface area contributed by atoms with E-state index in [9.17, 15) is 18.8 Å². The van der Waals surface area contributed by atoms with Gasteiger partial charge < -0.3 is 14.5 Å². The minimum atomic E-state index is -1.11. The highest BCUT2D eigenvalue weighted by atomic mass is 19.1. The van der Waals surface area contributed by atoms with Gasteiger partial charge in [0, 0.05) is 11.3 Å². The van der Waals surface area contributed by atoms with Crippen LogP contribution in [0.1, 0.15) is 56.3 Å². The van der Waals surface area contributed by atoms with Crippen LogP contribution >= 0.6 is 0 Å². The Morgan fingerprint density at radius 1 is 1.19 bits per heavy atom. The smallest absolute Gasteiger partial charge is 0.338 e. The number of esters is 1. The number of ketones is 2. The van der Waals surface area contributed by atoms with Crippen LogP contribution in [0, 0.1) is 19.7 Å². The van der Waals surface area contributed by atoms with Gasteiger partial charge in [-0.05, 0) is 51.5 Å². The lowest BCUT2D eigenvalue weighted by Gasteiger charge is -2.12. The molecular formula is C19H20FNO5. The molecule has 2 rings (SSSR count). The number of H-pyrrole nitrogens is 1. The minimum absolute atomic E-state index is 0.0000717. The van der Waals surface area contributed by atoms with Crippen LogP contribution in [0.15, 0.2) is 18.2 Å². The average molecular weight is 361 g/mol. The standard InChI is InChI=1S/C19H20FNO5/c1-9-16(11(3)22)10(2)21-17(9)18(23)12(4)26-19(24)13-6-7-15(25-5)14(20)8-13/h6-8,12,21H,1-5H3. The summed E-state index contributed by atoms with van der Waals surface area (Å²) in [6.45, 7) is 6.18. The van der Waals surface area contributed by atoms with Crippen LogP contribution in [0.5, 0.6) is 5.75 Å². The zero-order valence-electron chi connectivity index (χ0n) is 15.2. The molecular weight excluding hydrogens is 341 g/mol. The highest BCUT2D eigenvalue weighted by Gasteiger charge is 2.26. The van der Waals surface area contributed by atoms with E-state index in [4.69, 9.17) is 9.47 Å². The fourth-order valence-electron chi connectivity index (χ4n) is 2.80. The van der Waals surface area contributed by atoms with E-state index >= 15 is 0 Å². The molecule has 26 heavy (non-hydrogen) atoms. The Hall–Kier alpha value is -2.96. The van der Waals surface area contributed by atoms with Gasteiger partial charge in [0.1, 0.15) is 0 Å². The Kier molecular flexibility index (Phi) is 5.59. The van der Waals surface area contributed by atoms with Crippen molar-refractivity contribution in [3.8, 4) is 5.75 Å². The van der Waals surface area contributed by atoms with Crippen molar-refractivity contribution in [3.63, 3.8) is 0 Å². The summed E-state index contributed by atoms with van der Waals surface area (Å²) >= 11 is 0. The largest absolute Gasteiger partial charge is 0.494 e. The topological polar surface area (TPSA) is 85.5 Å². The Balaban J connectivity index is 2.19. The number of hydrogen-bond acceptors (Lipinski definition) is 5. The Morgan fingerprint density at radius 3 is 2.35 bits per heavy atom. The summed E-state index contributed by atoms with van der Waals surface area (Å²) in [5.41, 5.74) is 1.72. The summed E-state index contributed by atoms with van der Waals surface area (Å²) in [4.78, 5) is 39.3. The molecule has 0 amide bonds. The predicted molar refractivity (Wildman–Crippen MR) is 92.4 cm³/mol. The zero-order chi connectivity index (χ0) is 19.6. The lowest BCUT2D eigenvalue weighted by atomic mass is 10.0. The molecule has 1 atom stereocenters. The van der Waals surface area contributed by atoms with Gasteiger partial charge in [-0.2, -0.15) is 0 Å². The average Bonchev–Trinajstić information content (AvgIpc) is 2.88. The molecule has 0 aliphatic carbocycles. The number of carbonyl (C=O) groups is 3. The van der Waals surface area contributed by atoms with E-state index in [0.29, 0.717) is 16.8 Å². The van der Waals surface area contributed by atoms with E-state index in [1.165, 1.54) is 33.1 Å². The molecule has 1 unspecified atom stereocenters. The van der Waals surface area contributed by atoms with Crippen molar-refractivity contribution in [2.45, 2.75) is 33.8 Å². The predicted octanol–water partition coefficient (Wildman–Crippen LogP) is 3.41. The highest BCUT2D eigenvalue weighted by Crippen LogP contribution is 2.22. The quantitative estimate of drug-likeness (QED) is 0.629. The number of aromatic nitrogens is 1. The maximum Gasteiger partial charge on any atom is 0.338 e. The second kappa shape index (κ2) is 7.51. The molecule has 1 aromatic heterocycles. The second-order valence-corrected chi connectivity index (χ2v) is 5.94. The van der Waals surface area contributed by atoms with E-state index in [2.05, 4.69) is 4.98 Å². The fraction of sp³-hybridized carbons (Fsp3) is 0.316. The molecule has 0 radical (unpaired) electrons. The van der Waals surface area contributed by atoms with E-state index in [-0.39, 0.29) is 22.8 Å². The lowest BCUT2D eigenvalue weighted by Crippen LogP contribution is -2.25. The summed E-state index contributed by atoms with van der Waals surface area (Å²) < 4.78 is 23.6. The first-order valence-corrected chi connectivity index (χ1v) is 7.96. The van der Waals surface area contributed by atoms with Gasteiger partial charge in [0.15, 0.2) is 23.5 Å². The summed E-state index contributed by atoms with van der Waals surface area (Å²) in [5, 5.41) is 0. The van der Waals surface area contributed by atoms with Crippen molar-refractivity contribution in [1.82, 2.24) is 4.98 Å². The first kappa shape index (κ1) is 19.4. The molecule has 0 aliphatic rings. The molecule has 138 valence electrons.